The number of anilines is 2. The van der Waals surface area contributed by atoms with Gasteiger partial charge in [-0.1, -0.05) is 0 Å². The molecule has 8 heteroatoms. The van der Waals surface area contributed by atoms with Gasteiger partial charge in [-0.05, 0) is 49.6 Å². The SMILES string of the molecule is Cc1ccnc(N2CCN(c3ccc(C(=O)NC4CCOCC4)nn3)CC2)c1. The Bertz CT molecular complexity index is 799. The zero-order valence-corrected chi connectivity index (χ0v) is 16.2. The summed E-state index contributed by atoms with van der Waals surface area (Å²) in [5, 5.41) is 11.4. The standard InChI is InChI=1S/C20H26N6O2/c1-15-4-7-21-19(14-15)26-10-8-25(9-11-26)18-3-2-17(23-24-18)20(27)22-16-5-12-28-13-6-16/h2-4,7,14,16H,5-6,8-13H2,1H3,(H,22,27). The molecule has 0 unspecified atom stereocenters. The fraction of sp³-hybridized carbons (Fsp3) is 0.500. The maximum absolute atomic E-state index is 12.3. The van der Waals surface area contributed by atoms with Crippen molar-refractivity contribution in [1.82, 2.24) is 20.5 Å². The smallest absolute Gasteiger partial charge is 0.272 e. The summed E-state index contributed by atoms with van der Waals surface area (Å²) in [6, 6.07) is 7.92. The van der Waals surface area contributed by atoms with Crippen LogP contribution in [-0.2, 0) is 4.74 Å². The van der Waals surface area contributed by atoms with Crippen molar-refractivity contribution in [2.45, 2.75) is 25.8 Å². The number of pyridine rings is 1. The Kier molecular flexibility index (Phi) is 5.66. The summed E-state index contributed by atoms with van der Waals surface area (Å²) in [5.41, 5.74) is 1.57. The topological polar surface area (TPSA) is 83.5 Å². The van der Waals surface area contributed by atoms with E-state index in [2.05, 4.69) is 43.3 Å². The molecule has 2 saturated heterocycles. The second-order valence-electron chi connectivity index (χ2n) is 7.30. The number of aryl methyl sites for hydroxylation is 1. The number of hydrogen-bond acceptors (Lipinski definition) is 7. The first-order valence-corrected chi connectivity index (χ1v) is 9.84. The van der Waals surface area contributed by atoms with E-state index < -0.39 is 0 Å². The Hall–Kier alpha value is -2.74. The molecule has 0 aromatic carbocycles. The molecule has 0 spiro atoms. The van der Waals surface area contributed by atoms with E-state index in [1.165, 1.54) is 5.56 Å². The third-order valence-corrected chi connectivity index (χ3v) is 5.27. The number of carbonyl (C=O) groups excluding carboxylic acids is 1. The minimum Gasteiger partial charge on any atom is -0.381 e. The molecule has 2 aromatic heterocycles. The molecule has 0 aliphatic carbocycles. The van der Waals surface area contributed by atoms with Gasteiger partial charge >= 0.3 is 0 Å². The minimum absolute atomic E-state index is 0.158. The van der Waals surface area contributed by atoms with Crippen LogP contribution in [0.2, 0.25) is 0 Å². The van der Waals surface area contributed by atoms with Crippen LogP contribution in [0.25, 0.3) is 0 Å². The Morgan fingerprint density at radius 3 is 2.39 bits per heavy atom. The molecule has 1 amide bonds. The van der Waals surface area contributed by atoms with Crippen molar-refractivity contribution in [2.24, 2.45) is 0 Å². The molecule has 148 valence electrons. The average molecular weight is 382 g/mol. The van der Waals surface area contributed by atoms with E-state index in [1.54, 1.807) is 6.07 Å². The molecule has 1 N–H and O–H groups in total. The van der Waals surface area contributed by atoms with E-state index >= 15 is 0 Å². The van der Waals surface area contributed by atoms with Gasteiger partial charge in [0.25, 0.3) is 5.91 Å². The summed E-state index contributed by atoms with van der Waals surface area (Å²) < 4.78 is 5.32. The summed E-state index contributed by atoms with van der Waals surface area (Å²) in [7, 11) is 0. The number of rotatable bonds is 4. The van der Waals surface area contributed by atoms with Crippen LogP contribution in [0.5, 0.6) is 0 Å². The molecular weight excluding hydrogens is 356 g/mol. The Morgan fingerprint density at radius 2 is 1.75 bits per heavy atom. The van der Waals surface area contributed by atoms with Crippen LogP contribution >= 0.6 is 0 Å². The largest absolute Gasteiger partial charge is 0.381 e. The van der Waals surface area contributed by atoms with Crippen molar-refractivity contribution in [3.05, 3.63) is 41.7 Å². The van der Waals surface area contributed by atoms with Gasteiger partial charge in [0.1, 0.15) is 5.82 Å². The van der Waals surface area contributed by atoms with Crippen LogP contribution in [0.4, 0.5) is 11.6 Å². The van der Waals surface area contributed by atoms with Crippen LogP contribution in [0.3, 0.4) is 0 Å². The van der Waals surface area contributed by atoms with Crippen molar-refractivity contribution in [3.63, 3.8) is 0 Å². The molecule has 8 nitrogen and oxygen atoms in total. The zero-order valence-electron chi connectivity index (χ0n) is 16.2. The van der Waals surface area contributed by atoms with Gasteiger partial charge in [0, 0.05) is 51.6 Å². The monoisotopic (exact) mass is 382 g/mol. The van der Waals surface area contributed by atoms with Gasteiger partial charge in [-0.2, -0.15) is 0 Å². The van der Waals surface area contributed by atoms with Crippen LogP contribution in [0.1, 0.15) is 28.9 Å². The first kappa shape index (κ1) is 18.6. The molecule has 2 aliphatic heterocycles. The van der Waals surface area contributed by atoms with Crippen LogP contribution in [-0.4, -0.2) is 66.5 Å². The lowest BCUT2D eigenvalue weighted by atomic mass is 10.1. The normalized spacial score (nSPS) is 18.2. The summed E-state index contributed by atoms with van der Waals surface area (Å²) in [6.07, 6.45) is 3.54. The number of carbonyl (C=O) groups is 1. The highest BCUT2D eigenvalue weighted by atomic mass is 16.5. The zero-order chi connectivity index (χ0) is 19.3. The van der Waals surface area contributed by atoms with Gasteiger partial charge in [0.2, 0.25) is 0 Å². The predicted molar refractivity (Wildman–Crippen MR) is 107 cm³/mol. The third kappa shape index (κ3) is 4.39. The maximum Gasteiger partial charge on any atom is 0.272 e. The maximum atomic E-state index is 12.3. The third-order valence-electron chi connectivity index (χ3n) is 5.27. The van der Waals surface area contributed by atoms with E-state index in [-0.39, 0.29) is 11.9 Å². The molecule has 0 atom stereocenters. The number of nitrogens with zero attached hydrogens (tertiary/aromatic N) is 5. The fourth-order valence-corrected chi connectivity index (χ4v) is 3.57. The van der Waals surface area contributed by atoms with E-state index in [0.717, 1.165) is 50.7 Å². The van der Waals surface area contributed by atoms with E-state index in [1.807, 2.05) is 18.3 Å². The highest BCUT2D eigenvalue weighted by Gasteiger charge is 2.21. The summed E-state index contributed by atoms with van der Waals surface area (Å²) in [4.78, 5) is 21.3. The van der Waals surface area contributed by atoms with E-state index in [0.29, 0.717) is 18.9 Å². The Labute approximate surface area is 164 Å². The molecule has 28 heavy (non-hydrogen) atoms. The predicted octanol–water partition coefficient (Wildman–Crippen LogP) is 1.42. The quantitative estimate of drug-likeness (QED) is 0.856. The van der Waals surface area contributed by atoms with Crippen molar-refractivity contribution >= 4 is 17.5 Å². The average Bonchev–Trinajstić information content (AvgIpc) is 2.75. The number of amides is 1. The van der Waals surface area contributed by atoms with Gasteiger partial charge in [-0.3, -0.25) is 4.79 Å². The Balaban J connectivity index is 1.32. The lowest BCUT2D eigenvalue weighted by molar-refractivity contribution is 0.0693. The first-order valence-electron chi connectivity index (χ1n) is 9.84. The summed E-state index contributed by atoms with van der Waals surface area (Å²) in [5.74, 6) is 1.66. The van der Waals surface area contributed by atoms with Crippen LogP contribution in [0, 0.1) is 6.92 Å². The van der Waals surface area contributed by atoms with Crippen molar-refractivity contribution < 1.29 is 9.53 Å². The van der Waals surface area contributed by atoms with E-state index in [9.17, 15) is 4.79 Å². The first-order chi connectivity index (χ1) is 13.7. The minimum atomic E-state index is -0.165. The number of hydrogen-bond donors (Lipinski definition) is 1. The van der Waals surface area contributed by atoms with Gasteiger partial charge in [-0.15, -0.1) is 10.2 Å². The molecule has 4 rings (SSSR count). The molecule has 2 fully saturated rings. The number of aromatic nitrogens is 3. The second kappa shape index (κ2) is 8.52. The van der Waals surface area contributed by atoms with E-state index in [4.69, 9.17) is 4.74 Å². The summed E-state index contributed by atoms with van der Waals surface area (Å²) in [6.45, 7) is 6.92. The highest BCUT2D eigenvalue weighted by Crippen LogP contribution is 2.18. The van der Waals surface area contributed by atoms with Gasteiger partial charge < -0.3 is 19.9 Å². The Morgan fingerprint density at radius 1 is 1.04 bits per heavy atom. The molecular formula is C20H26N6O2. The number of nitrogens with one attached hydrogen (secondary N) is 1. The lowest BCUT2D eigenvalue weighted by Crippen LogP contribution is -2.47. The van der Waals surface area contributed by atoms with Crippen LogP contribution in [0.15, 0.2) is 30.5 Å². The second-order valence-corrected chi connectivity index (χ2v) is 7.30. The van der Waals surface area contributed by atoms with Crippen molar-refractivity contribution in [3.8, 4) is 0 Å². The van der Waals surface area contributed by atoms with Gasteiger partial charge in [0.05, 0.1) is 0 Å². The van der Waals surface area contributed by atoms with Crippen LogP contribution < -0.4 is 15.1 Å². The van der Waals surface area contributed by atoms with Gasteiger partial charge in [0.15, 0.2) is 11.5 Å². The van der Waals surface area contributed by atoms with Crippen molar-refractivity contribution in [1.29, 1.82) is 0 Å². The molecule has 0 saturated carbocycles. The molecule has 0 radical (unpaired) electrons. The molecule has 0 bridgehead atoms. The van der Waals surface area contributed by atoms with Crippen molar-refractivity contribution in [2.75, 3.05) is 49.2 Å². The highest BCUT2D eigenvalue weighted by molar-refractivity contribution is 5.92. The lowest BCUT2D eigenvalue weighted by Gasteiger charge is -2.35. The molecule has 2 aromatic rings. The summed E-state index contributed by atoms with van der Waals surface area (Å²) >= 11 is 0. The number of piperazine rings is 1. The number of ether oxygens (including phenoxy) is 1. The fourth-order valence-electron chi connectivity index (χ4n) is 3.57. The molecule has 4 heterocycles. The van der Waals surface area contributed by atoms with Gasteiger partial charge in [-0.25, -0.2) is 4.98 Å². The molecule has 2 aliphatic rings.